The van der Waals surface area contributed by atoms with Crippen molar-refractivity contribution >= 4 is 22.6 Å². The van der Waals surface area contributed by atoms with Crippen LogP contribution >= 0.6 is 0 Å². The van der Waals surface area contributed by atoms with E-state index < -0.39 is 17.6 Å². The summed E-state index contributed by atoms with van der Waals surface area (Å²) in [4.78, 5) is 22.9. The fraction of sp³-hybridized carbons (Fsp3) is 0.182. The quantitative estimate of drug-likeness (QED) is 0.482. The standard InChI is InChI=1S/C22H19F3N6O/c1-31(2)12-13-7-15(11-26-10-13)14-3-4-18-17(8-14)20(30-29-18)21(32)28-19-9-16(5-6-27-19)22(23,24)25/h3-11H,12H2,1-2H3,(H,29,30)(H,27,28,32). The van der Waals surface area contributed by atoms with E-state index in [1.54, 1.807) is 24.5 Å². The van der Waals surface area contributed by atoms with Crippen LogP contribution in [0.25, 0.3) is 22.0 Å². The maximum atomic E-state index is 12.9. The molecule has 0 saturated carbocycles. The SMILES string of the molecule is CN(C)Cc1cncc(-c2ccc3[nH]nc(C(=O)Nc4cc(C(F)(F)F)ccn4)c3c2)c1. The number of aromatic nitrogens is 4. The molecule has 0 atom stereocenters. The lowest BCUT2D eigenvalue weighted by Gasteiger charge is -2.10. The van der Waals surface area contributed by atoms with Crippen LogP contribution in [0.4, 0.5) is 19.0 Å². The van der Waals surface area contributed by atoms with Gasteiger partial charge in [0.1, 0.15) is 5.82 Å². The number of hydrogen-bond donors (Lipinski definition) is 2. The summed E-state index contributed by atoms with van der Waals surface area (Å²) in [5, 5.41) is 9.74. The van der Waals surface area contributed by atoms with Crippen LogP contribution in [0, 0.1) is 0 Å². The Bertz CT molecular complexity index is 1280. The summed E-state index contributed by atoms with van der Waals surface area (Å²) in [5.41, 5.74) is 2.51. The van der Waals surface area contributed by atoms with Crippen molar-refractivity contribution in [3.63, 3.8) is 0 Å². The molecule has 2 N–H and O–H groups in total. The largest absolute Gasteiger partial charge is 0.416 e. The van der Waals surface area contributed by atoms with Crippen molar-refractivity contribution in [3.05, 3.63) is 71.8 Å². The molecule has 0 radical (unpaired) electrons. The highest BCUT2D eigenvalue weighted by Gasteiger charge is 2.31. The molecule has 0 aliphatic rings. The van der Waals surface area contributed by atoms with Crippen molar-refractivity contribution in [1.82, 2.24) is 25.1 Å². The third-order valence-electron chi connectivity index (χ3n) is 4.73. The topological polar surface area (TPSA) is 86.8 Å². The number of nitrogens with one attached hydrogen (secondary N) is 2. The molecule has 0 fully saturated rings. The smallest absolute Gasteiger partial charge is 0.305 e. The lowest BCUT2D eigenvalue weighted by atomic mass is 10.0. The van der Waals surface area contributed by atoms with E-state index in [1.807, 2.05) is 31.1 Å². The molecule has 164 valence electrons. The maximum Gasteiger partial charge on any atom is 0.416 e. The van der Waals surface area contributed by atoms with Gasteiger partial charge in [0.25, 0.3) is 5.91 Å². The highest BCUT2D eigenvalue weighted by Crippen LogP contribution is 2.30. The normalized spacial score (nSPS) is 11.8. The van der Waals surface area contributed by atoms with Gasteiger partial charge in [0, 0.05) is 36.1 Å². The van der Waals surface area contributed by atoms with Crippen molar-refractivity contribution in [2.45, 2.75) is 12.7 Å². The molecule has 0 saturated heterocycles. The number of carbonyl (C=O) groups is 1. The highest BCUT2D eigenvalue weighted by atomic mass is 19.4. The van der Waals surface area contributed by atoms with Gasteiger partial charge in [-0.2, -0.15) is 18.3 Å². The Hall–Kier alpha value is -3.79. The number of anilines is 1. The number of fused-ring (bicyclic) bond motifs is 1. The number of pyridine rings is 2. The van der Waals surface area contributed by atoms with Gasteiger partial charge in [-0.1, -0.05) is 6.07 Å². The number of aromatic amines is 1. The molecule has 0 aliphatic heterocycles. The van der Waals surface area contributed by atoms with E-state index in [1.165, 1.54) is 0 Å². The third-order valence-corrected chi connectivity index (χ3v) is 4.73. The first-order chi connectivity index (χ1) is 15.2. The molecule has 0 unspecified atom stereocenters. The first-order valence-electron chi connectivity index (χ1n) is 9.62. The Balaban J connectivity index is 1.64. The van der Waals surface area contributed by atoms with Crippen LogP contribution in [0.2, 0.25) is 0 Å². The van der Waals surface area contributed by atoms with Crippen LogP contribution < -0.4 is 5.32 Å². The van der Waals surface area contributed by atoms with Crippen LogP contribution in [0.5, 0.6) is 0 Å². The molecule has 0 bridgehead atoms. The Morgan fingerprint density at radius 3 is 2.66 bits per heavy atom. The molecule has 4 rings (SSSR count). The zero-order valence-corrected chi connectivity index (χ0v) is 17.2. The molecular weight excluding hydrogens is 421 g/mol. The van der Waals surface area contributed by atoms with Crippen LogP contribution in [0.3, 0.4) is 0 Å². The fourth-order valence-corrected chi connectivity index (χ4v) is 3.31. The second-order valence-corrected chi connectivity index (χ2v) is 7.53. The zero-order chi connectivity index (χ0) is 22.9. The Labute approximate surface area is 181 Å². The van der Waals surface area contributed by atoms with Gasteiger partial charge in [-0.25, -0.2) is 4.98 Å². The van der Waals surface area contributed by atoms with Crippen molar-refractivity contribution in [1.29, 1.82) is 0 Å². The van der Waals surface area contributed by atoms with Gasteiger partial charge >= 0.3 is 6.18 Å². The lowest BCUT2D eigenvalue weighted by molar-refractivity contribution is -0.137. The van der Waals surface area contributed by atoms with Gasteiger partial charge in [0.2, 0.25) is 0 Å². The monoisotopic (exact) mass is 440 g/mol. The molecule has 3 aromatic heterocycles. The minimum absolute atomic E-state index is 0.0541. The number of halogens is 3. The number of benzene rings is 1. The number of amides is 1. The van der Waals surface area contributed by atoms with E-state index >= 15 is 0 Å². The van der Waals surface area contributed by atoms with E-state index in [9.17, 15) is 18.0 Å². The van der Waals surface area contributed by atoms with Gasteiger partial charge in [-0.3, -0.25) is 14.9 Å². The third kappa shape index (κ3) is 4.59. The Morgan fingerprint density at radius 1 is 1.09 bits per heavy atom. The Kier molecular flexibility index (Phi) is 5.62. The van der Waals surface area contributed by atoms with Crippen molar-refractivity contribution in [2.24, 2.45) is 0 Å². The Morgan fingerprint density at radius 2 is 1.91 bits per heavy atom. The molecule has 1 amide bonds. The number of hydrogen-bond acceptors (Lipinski definition) is 5. The maximum absolute atomic E-state index is 12.9. The average Bonchev–Trinajstić information content (AvgIpc) is 3.16. The average molecular weight is 440 g/mol. The highest BCUT2D eigenvalue weighted by molar-refractivity contribution is 6.11. The van der Waals surface area contributed by atoms with Crippen molar-refractivity contribution < 1.29 is 18.0 Å². The van der Waals surface area contributed by atoms with E-state index in [0.29, 0.717) is 10.9 Å². The van der Waals surface area contributed by atoms with Gasteiger partial charge < -0.3 is 10.2 Å². The minimum atomic E-state index is -4.54. The lowest BCUT2D eigenvalue weighted by Crippen LogP contribution is -2.15. The number of H-pyrrole nitrogens is 1. The predicted molar refractivity (Wildman–Crippen MR) is 114 cm³/mol. The summed E-state index contributed by atoms with van der Waals surface area (Å²) < 4.78 is 38.8. The van der Waals surface area contributed by atoms with Crippen LogP contribution in [-0.2, 0) is 12.7 Å². The summed E-state index contributed by atoms with van der Waals surface area (Å²) in [7, 11) is 3.93. The number of nitrogens with zero attached hydrogens (tertiary/aromatic N) is 4. The number of alkyl halides is 3. The molecule has 3 heterocycles. The summed E-state index contributed by atoms with van der Waals surface area (Å²) in [6.07, 6.45) is -0.0219. The molecule has 10 heteroatoms. The predicted octanol–water partition coefficient (Wildman–Crippen LogP) is 4.35. The molecule has 4 aromatic rings. The summed E-state index contributed by atoms with van der Waals surface area (Å²) in [5.74, 6) is -0.877. The molecule has 32 heavy (non-hydrogen) atoms. The minimum Gasteiger partial charge on any atom is -0.305 e. The molecule has 7 nitrogen and oxygen atoms in total. The van der Waals surface area contributed by atoms with Crippen LogP contribution in [0.15, 0.2) is 55.0 Å². The summed E-state index contributed by atoms with van der Waals surface area (Å²) in [6, 6.07) is 9.09. The molecule has 0 spiro atoms. The molecule has 1 aromatic carbocycles. The number of rotatable bonds is 5. The van der Waals surface area contributed by atoms with E-state index in [4.69, 9.17) is 0 Å². The van der Waals surface area contributed by atoms with E-state index in [2.05, 4.69) is 25.5 Å². The number of carbonyl (C=O) groups excluding carboxylic acids is 1. The van der Waals surface area contributed by atoms with E-state index in [-0.39, 0.29) is 11.5 Å². The zero-order valence-electron chi connectivity index (χ0n) is 17.2. The van der Waals surface area contributed by atoms with Crippen molar-refractivity contribution in [2.75, 3.05) is 19.4 Å². The summed E-state index contributed by atoms with van der Waals surface area (Å²) in [6.45, 7) is 0.729. The second kappa shape index (κ2) is 8.39. The fourth-order valence-electron chi connectivity index (χ4n) is 3.31. The first-order valence-corrected chi connectivity index (χ1v) is 9.62. The van der Waals surface area contributed by atoms with E-state index in [0.717, 1.165) is 41.6 Å². The van der Waals surface area contributed by atoms with Gasteiger partial charge in [-0.05, 0) is 55.6 Å². The first kappa shape index (κ1) is 21.4. The summed E-state index contributed by atoms with van der Waals surface area (Å²) >= 11 is 0. The van der Waals surface area contributed by atoms with Gasteiger partial charge in [0.05, 0.1) is 11.1 Å². The van der Waals surface area contributed by atoms with Crippen LogP contribution in [0.1, 0.15) is 21.6 Å². The molecular formula is C22H19F3N6O. The van der Waals surface area contributed by atoms with Gasteiger partial charge in [-0.15, -0.1) is 0 Å². The van der Waals surface area contributed by atoms with Gasteiger partial charge in [0.15, 0.2) is 5.69 Å². The second-order valence-electron chi connectivity index (χ2n) is 7.53. The van der Waals surface area contributed by atoms with Crippen molar-refractivity contribution in [3.8, 4) is 11.1 Å². The molecule has 0 aliphatic carbocycles. The van der Waals surface area contributed by atoms with Crippen LogP contribution in [-0.4, -0.2) is 45.1 Å².